The molecule has 0 spiro atoms. The van der Waals surface area contributed by atoms with Gasteiger partial charge in [0.25, 0.3) is 5.56 Å². The Hall–Kier alpha value is -2.32. The van der Waals surface area contributed by atoms with Gasteiger partial charge in [-0.05, 0) is 19.1 Å². The quantitative estimate of drug-likeness (QED) is 0.838. The van der Waals surface area contributed by atoms with Crippen molar-refractivity contribution in [3.8, 4) is 0 Å². The summed E-state index contributed by atoms with van der Waals surface area (Å²) < 4.78 is 12.2. The molecule has 0 bridgehead atoms. The lowest BCUT2D eigenvalue weighted by Gasteiger charge is -2.12. The second-order valence-corrected chi connectivity index (χ2v) is 6.64. The molecule has 1 aliphatic heterocycles. The number of ether oxygens (including phenoxy) is 2. The molecule has 24 heavy (non-hydrogen) atoms. The molecule has 2 heterocycles. The number of carbonyl (C=O) groups excluding carboxylic acids is 1. The molecule has 1 saturated heterocycles. The number of hydrogen-bond acceptors (Lipinski definition) is 6. The predicted molar refractivity (Wildman–Crippen MR) is 89.2 cm³/mol. The van der Waals surface area contributed by atoms with Gasteiger partial charge in [0.15, 0.2) is 0 Å². The summed E-state index contributed by atoms with van der Waals surface area (Å²) in [6, 6.07) is 8.70. The van der Waals surface area contributed by atoms with Gasteiger partial charge in [-0.25, -0.2) is 9.59 Å². The van der Waals surface area contributed by atoms with E-state index in [9.17, 15) is 14.4 Å². The maximum absolute atomic E-state index is 11.9. The average Bonchev–Trinajstić information content (AvgIpc) is 3.05. The number of carbonyl (C=O) groups is 1. The third-order valence-electron chi connectivity index (χ3n) is 3.55. The number of benzene rings is 1. The molecule has 7 nitrogen and oxygen atoms in total. The highest BCUT2D eigenvalue weighted by molar-refractivity contribution is 8.00. The number of aromatic amines is 1. The Morgan fingerprint density at radius 2 is 2.12 bits per heavy atom. The molecule has 2 atom stereocenters. The SMILES string of the molecule is Cc1cn([C@H]2CO[C@@H](COC(=O)c3ccccc3)S2)c(=O)[nH]c1=O. The van der Waals surface area contributed by atoms with E-state index in [-0.39, 0.29) is 17.4 Å². The number of hydrogen-bond donors (Lipinski definition) is 1. The van der Waals surface area contributed by atoms with Crippen LogP contribution in [0.2, 0.25) is 0 Å². The molecular formula is C16H16N2O5S. The molecule has 1 N–H and O–H groups in total. The molecule has 8 heteroatoms. The Morgan fingerprint density at radius 3 is 2.88 bits per heavy atom. The number of H-pyrrole nitrogens is 1. The zero-order valence-corrected chi connectivity index (χ0v) is 13.7. The van der Waals surface area contributed by atoms with Crippen molar-refractivity contribution >= 4 is 17.7 Å². The van der Waals surface area contributed by atoms with Gasteiger partial charge in [-0.15, -0.1) is 0 Å². The smallest absolute Gasteiger partial charge is 0.338 e. The van der Waals surface area contributed by atoms with Crippen molar-refractivity contribution in [2.75, 3.05) is 13.2 Å². The largest absolute Gasteiger partial charge is 0.458 e. The molecule has 0 radical (unpaired) electrons. The van der Waals surface area contributed by atoms with Gasteiger partial charge in [0.05, 0.1) is 12.2 Å². The Morgan fingerprint density at radius 1 is 1.38 bits per heavy atom. The first-order valence-electron chi connectivity index (χ1n) is 7.36. The lowest BCUT2D eigenvalue weighted by molar-refractivity contribution is 0.0273. The summed E-state index contributed by atoms with van der Waals surface area (Å²) in [6.07, 6.45) is 1.51. The van der Waals surface area contributed by atoms with Crippen molar-refractivity contribution in [1.82, 2.24) is 9.55 Å². The maximum Gasteiger partial charge on any atom is 0.338 e. The molecule has 0 amide bonds. The van der Waals surface area contributed by atoms with E-state index in [4.69, 9.17) is 9.47 Å². The van der Waals surface area contributed by atoms with Crippen LogP contribution in [0.3, 0.4) is 0 Å². The first-order valence-corrected chi connectivity index (χ1v) is 8.30. The maximum atomic E-state index is 11.9. The fourth-order valence-corrected chi connectivity index (χ4v) is 3.38. The van der Waals surface area contributed by atoms with Crippen LogP contribution in [0.4, 0.5) is 0 Å². The summed E-state index contributed by atoms with van der Waals surface area (Å²) in [7, 11) is 0. The molecule has 1 fully saturated rings. The van der Waals surface area contributed by atoms with Gasteiger partial charge in [0.2, 0.25) is 0 Å². The van der Waals surface area contributed by atoms with Crippen molar-refractivity contribution in [2.45, 2.75) is 17.7 Å². The lowest BCUT2D eigenvalue weighted by atomic mass is 10.2. The van der Waals surface area contributed by atoms with Gasteiger partial charge in [-0.2, -0.15) is 0 Å². The highest BCUT2D eigenvalue weighted by Gasteiger charge is 2.29. The summed E-state index contributed by atoms with van der Waals surface area (Å²) >= 11 is 1.37. The standard InChI is InChI=1S/C16H16N2O5S/c1-10-7-18(16(21)17-14(10)19)12-8-22-13(24-12)9-23-15(20)11-5-3-2-4-6-11/h2-7,12-13H,8-9H2,1H3,(H,17,19,21)/t12-,13-/m1/s1. The Labute approximate surface area is 141 Å². The van der Waals surface area contributed by atoms with E-state index in [2.05, 4.69) is 4.98 Å². The van der Waals surface area contributed by atoms with Crippen LogP contribution in [-0.4, -0.2) is 34.2 Å². The van der Waals surface area contributed by atoms with Crippen molar-refractivity contribution in [2.24, 2.45) is 0 Å². The zero-order chi connectivity index (χ0) is 17.1. The van der Waals surface area contributed by atoms with Crippen LogP contribution in [0.15, 0.2) is 46.1 Å². The summed E-state index contributed by atoms with van der Waals surface area (Å²) in [5.74, 6) is -0.416. The minimum Gasteiger partial charge on any atom is -0.458 e. The minimum atomic E-state index is -0.478. The van der Waals surface area contributed by atoms with Crippen LogP contribution in [0.5, 0.6) is 0 Å². The van der Waals surface area contributed by atoms with Crippen LogP contribution in [0.1, 0.15) is 21.3 Å². The van der Waals surface area contributed by atoms with Gasteiger partial charge < -0.3 is 9.47 Å². The Kier molecular flexibility index (Phi) is 4.86. The van der Waals surface area contributed by atoms with E-state index < -0.39 is 17.2 Å². The van der Waals surface area contributed by atoms with E-state index in [0.717, 1.165) is 0 Å². The number of thioether (sulfide) groups is 1. The summed E-state index contributed by atoms with van der Waals surface area (Å²) in [6.45, 7) is 2.02. The summed E-state index contributed by atoms with van der Waals surface area (Å²) in [5.41, 5.74) is -0.303. The second kappa shape index (κ2) is 7.06. The van der Waals surface area contributed by atoms with Crippen LogP contribution in [0.25, 0.3) is 0 Å². The molecule has 0 unspecified atom stereocenters. The zero-order valence-electron chi connectivity index (χ0n) is 12.9. The lowest BCUT2D eigenvalue weighted by Crippen LogP contribution is -2.32. The van der Waals surface area contributed by atoms with Crippen molar-refractivity contribution in [3.05, 3.63) is 68.5 Å². The number of rotatable bonds is 4. The van der Waals surface area contributed by atoms with E-state index in [0.29, 0.717) is 17.7 Å². The molecule has 0 aliphatic carbocycles. The van der Waals surface area contributed by atoms with Crippen molar-refractivity contribution in [3.63, 3.8) is 0 Å². The number of nitrogens with zero attached hydrogens (tertiary/aromatic N) is 1. The van der Waals surface area contributed by atoms with Gasteiger partial charge in [-0.1, -0.05) is 30.0 Å². The average molecular weight is 348 g/mol. The molecule has 0 saturated carbocycles. The highest BCUT2D eigenvalue weighted by Crippen LogP contribution is 2.34. The molecular weight excluding hydrogens is 332 g/mol. The Balaban J connectivity index is 1.60. The van der Waals surface area contributed by atoms with Crippen molar-refractivity contribution < 1.29 is 14.3 Å². The Bertz CT molecular complexity index is 846. The van der Waals surface area contributed by atoms with Gasteiger partial charge in [0.1, 0.15) is 17.4 Å². The molecule has 126 valence electrons. The van der Waals surface area contributed by atoms with Gasteiger partial charge in [-0.3, -0.25) is 14.3 Å². The molecule has 2 aromatic rings. The summed E-state index contributed by atoms with van der Waals surface area (Å²) in [5, 5.41) is -0.270. The topological polar surface area (TPSA) is 90.4 Å². The summed E-state index contributed by atoms with van der Waals surface area (Å²) in [4.78, 5) is 37.5. The van der Waals surface area contributed by atoms with Crippen LogP contribution in [0, 0.1) is 6.92 Å². The minimum absolute atomic E-state index is 0.0893. The van der Waals surface area contributed by atoms with Crippen LogP contribution in [-0.2, 0) is 9.47 Å². The number of aryl methyl sites for hydroxylation is 1. The fraction of sp³-hybridized carbons (Fsp3) is 0.312. The van der Waals surface area contributed by atoms with E-state index >= 15 is 0 Å². The molecule has 3 rings (SSSR count). The van der Waals surface area contributed by atoms with Crippen LogP contribution >= 0.6 is 11.8 Å². The molecule has 1 aromatic heterocycles. The third-order valence-corrected chi connectivity index (χ3v) is 4.80. The number of nitrogens with one attached hydrogen (secondary N) is 1. The molecule has 1 aliphatic rings. The number of esters is 1. The monoisotopic (exact) mass is 348 g/mol. The first kappa shape index (κ1) is 16.5. The van der Waals surface area contributed by atoms with E-state index in [1.54, 1.807) is 31.2 Å². The predicted octanol–water partition coefficient (Wildman–Crippen LogP) is 1.29. The molecule has 1 aromatic carbocycles. The van der Waals surface area contributed by atoms with E-state index in [1.807, 2.05) is 6.07 Å². The first-order chi connectivity index (χ1) is 11.5. The third kappa shape index (κ3) is 3.60. The second-order valence-electron chi connectivity index (χ2n) is 5.30. The highest BCUT2D eigenvalue weighted by atomic mass is 32.2. The normalized spacial score (nSPS) is 20.0. The van der Waals surface area contributed by atoms with Gasteiger partial charge in [0, 0.05) is 11.8 Å². The van der Waals surface area contributed by atoms with Crippen molar-refractivity contribution in [1.29, 1.82) is 0 Å². The van der Waals surface area contributed by atoms with E-state index in [1.165, 1.54) is 22.5 Å². The van der Waals surface area contributed by atoms with Crippen LogP contribution < -0.4 is 11.2 Å². The van der Waals surface area contributed by atoms with Gasteiger partial charge >= 0.3 is 11.7 Å². The number of aromatic nitrogens is 2. The fourth-order valence-electron chi connectivity index (χ4n) is 2.28.